The number of aromatic nitrogens is 2. The summed E-state index contributed by atoms with van der Waals surface area (Å²) in [6.45, 7) is 5.87. The number of benzene rings is 1. The van der Waals surface area contributed by atoms with Gasteiger partial charge in [0.05, 0.1) is 17.1 Å². The molecular formula is C16H18N4O. The summed E-state index contributed by atoms with van der Waals surface area (Å²) in [5.74, 6) is -0.431. The van der Waals surface area contributed by atoms with Crippen molar-refractivity contribution in [1.82, 2.24) is 10.2 Å². The van der Waals surface area contributed by atoms with Gasteiger partial charge in [-0.1, -0.05) is 25.1 Å². The van der Waals surface area contributed by atoms with Crippen LogP contribution in [0.25, 0.3) is 0 Å². The molecule has 5 nitrogen and oxygen atoms in total. The van der Waals surface area contributed by atoms with E-state index in [-0.39, 0.29) is 11.8 Å². The first-order valence-corrected chi connectivity index (χ1v) is 7.10. The Bertz CT molecular complexity index is 717. The predicted octanol–water partition coefficient (Wildman–Crippen LogP) is 2.79. The monoisotopic (exact) mass is 282 g/mol. The number of hydrogen-bond acceptors (Lipinski definition) is 3. The van der Waals surface area contributed by atoms with Crippen LogP contribution in [0.5, 0.6) is 0 Å². The lowest BCUT2D eigenvalue weighted by Crippen LogP contribution is -2.26. The number of para-hydroxylation sites is 1. The van der Waals surface area contributed by atoms with Crippen LogP contribution in [0.2, 0.25) is 0 Å². The molecule has 0 bridgehead atoms. The van der Waals surface area contributed by atoms with E-state index >= 15 is 0 Å². The molecule has 3 rings (SSSR count). The van der Waals surface area contributed by atoms with E-state index in [1.54, 1.807) is 0 Å². The first-order valence-electron chi connectivity index (χ1n) is 7.10. The Kier molecular flexibility index (Phi) is 3.33. The van der Waals surface area contributed by atoms with E-state index in [1.807, 2.05) is 44.2 Å². The minimum atomic E-state index is -0.389. The fourth-order valence-electron chi connectivity index (χ4n) is 2.68. The highest BCUT2D eigenvalue weighted by atomic mass is 16.2. The molecule has 0 spiro atoms. The number of carbonyl (C=O) groups excluding carboxylic acids is 1. The molecule has 1 aromatic heterocycles. The van der Waals surface area contributed by atoms with Gasteiger partial charge < -0.3 is 0 Å². The van der Waals surface area contributed by atoms with Crippen molar-refractivity contribution >= 4 is 17.3 Å². The minimum absolute atomic E-state index is 0.0418. The number of amides is 1. The second-order valence-corrected chi connectivity index (χ2v) is 5.28. The summed E-state index contributed by atoms with van der Waals surface area (Å²) in [6, 6.07) is 9.77. The van der Waals surface area contributed by atoms with E-state index < -0.39 is 0 Å². The number of aryl methyl sites for hydroxylation is 2. The summed E-state index contributed by atoms with van der Waals surface area (Å²) in [4.78, 5) is 12.8. The van der Waals surface area contributed by atoms with Crippen molar-refractivity contribution in [3.05, 3.63) is 47.3 Å². The third kappa shape index (κ3) is 2.24. The fraction of sp³-hybridized carbons (Fsp3) is 0.312. The molecule has 2 aromatic rings. The first-order chi connectivity index (χ1) is 10.1. The molecule has 0 radical (unpaired) electrons. The van der Waals surface area contributed by atoms with Crippen molar-refractivity contribution in [2.45, 2.75) is 33.1 Å². The third-order valence-electron chi connectivity index (χ3n) is 3.75. The SMILES string of the molecule is CCc1ccccc1N1N=C(C)C(c2cc(C)[nH]n2)C1=O. The topological polar surface area (TPSA) is 61.4 Å². The van der Waals surface area contributed by atoms with Gasteiger partial charge in [-0.05, 0) is 38.0 Å². The summed E-state index contributed by atoms with van der Waals surface area (Å²) in [7, 11) is 0. The molecule has 1 aliphatic heterocycles. The van der Waals surface area contributed by atoms with E-state index in [0.717, 1.165) is 34.8 Å². The molecule has 1 aliphatic rings. The van der Waals surface area contributed by atoms with Gasteiger partial charge in [-0.25, -0.2) is 0 Å². The molecular weight excluding hydrogens is 264 g/mol. The summed E-state index contributed by atoms with van der Waals surface area (Å²) < 4.78 is 0. The van der Waals surface area contributed by atoms with Crippen molar-refractivity contribution in [2.24, 2.45) is 5.10 Å². The summed E-state index contributed by atoms with van der Waals surface area (Å²) in [5.41, 5.74) is 4.42. The Morgan fingerprint density at radius 1 is 1.29 bits per heavy atom. The molecule has 1 atom stereocenters. The van der Waals surface area contributed by atoms with E-state index in [9.17, 15) is 4.79 Å². The summed E-state index contributed by atoms with van der Waals surface area (Å²) in [5, 5.41) is 13.1. The van der Waals surface area contributed by atoms with Gasteiger partial charge in [0.1, 0.15) is 5.92 Å². The van der Waals surface area contributed by atoms with Crippen LogP contribution < -0.4 is 5.01 Å². The van der Waals surface area contributed by atoms with E-state index in [0.29, 0.717) is 0 Å². The molecule has 5 heteroatoms. The van der Waals surface area contributed by atoms with Crippen LogP contribution in [0.1, 0.15) is 36.7 Å². The zero-order chi connectivity index (χ0) is 15.0. The number of H-pyrrole nitrogens is 1. The van der Waals surface area contributed by atoms with Crippen LogP contribution in [-0.4, -0.2) is 21.8 Å². The van der Waals surface area contributed by atoms with Gasteiger partial charge in [0.25, 0.3) is 5.91 Å². The molecule has 1 amide bonds. The van der Waals surface area contributed by atoms with Crippen LogP contribution in [-0.2, 0) is 11.2 Å². The Morgan fingerprint density at radius 2 is 2.05 bits per heavy atom. The lowest BCUT2D eigenvalue weighted by Gasteiger charge is -2.16. The highest BCUT2D eigenvalue weighted by Gasteiger charge is 2.37. The lowest BCUT2D eigenvalue weighted by molar-refractivity contribution is -0.118. The summed E-state index contributed by atoms with van der Waals surface area (Å²) in [6.07, 6.45) is 0.862. The number of nitrogens with zero attached hydrogens (tertiary/aromatic N) is 3. The maximum atomic E-state index is 12.8. The summed E-state index contributed by atoms with van der Waals surface area (Å²) >= 11 is 0. The van der Waals surface area contributed by atoms with E-state index in [1.165, 1.54) is 5.01 Å². The van der Waals surface area contributed by atoms with Gasteiger partial charge in [0.15, 0.2) is 0 Å². The van der Waals surface area contributed by atoms with Gasteiger partial charge in [0, 0.05) is 5.69 Å². The highest BCUT2D eigenvalue weighted by molar-refractivity contribution is 6.18. The number of hydrazone groups is 1. The van der Waals surface area contributed by atoms with Gasteiger partial charge >= 0.3 is 0 Å². The minimum Gasteiger partial charge on any atom is -0.283 e. The Balaban J connectivity index is 1.99. The molecule has 21 heavy (non-hydrogen) atoms. The van der Waals surface area contributed by atoms with Crippen LogP contribution in [0.3, 0.4) is 0 Å². The van der Waals surface area contributed by atoms with Crippen molar-refractivity contribution < 1.29 is 4.79 Å². The Labute approximate surface area is 123 Å². The standard InChI is InChI=1S/C16H18N4O/c1-4-12-7-5-6-8-14(12)20-16(21)15(11(3)19-20)13-9-10(2)17-18-13/h5-9,15H,4H2,1-3H3,(H,17,18). The normalized spacial score (nSPS) is 18.2. The molecule has 108 valence electrons. The molecule has 2 heterocycles. The predicted molar refractivity (Wildman–Crippen MR) is 82.5 cm³/mol. The second kappa shape index (κ2) is 5.16. The van der Waals surface area contributed by atoms with E-state index in [4.69, 9.17) is 0 Å². The quantitative estimate of drug-likeness (QED) is 0.941. The van der Waals surface area contributed by atoms with Crippen LogP contribution in [0.4, 0.5) is 5.69 Å². The molecule has 0 fully saturated rings. The van der Waals surface area contributed by atoms with Gasteiger partial charge in [-0.15, -0.1) is 0 Å². The zero-order valence-electron chi connectivity index (χ0n) is 12.4. The van der Waals surface area contributed by atoms with Gasteiger partial charge in [-0.2, -0.15) is 15.2 Å². The Hall–Kier alpha value is -2.43. The fourth-order valence-corrected chi connectivity index (χ4v) is 2.68. The van der Waals surface area contributed by atoms with Crippen molar-refractivity contribution in [3.8, 4) is 0 Å². The van der Waals surface area contributed by atoms with E-state index in [2.05, 4.69) is 22.2 Å². The average molecular weight is 282 g/mol. The molecule has 1 N–H and O–H groups in total. The van der Waals surface area contributed by atoms with Gasteiger partial charge in [-0.3, -0.25) is 9.89 Å². The second-order valence-electron chi connectivity index (χ2n) is 5.28. The van der Waals surface area contributed by atoms with Crippen molar-refractivity contribution in [1.29, 1.82) is 0 Å². The zero-order valence-corrected chi connectivity index (χ0v) is 12.4. The third-order valence-corrected chi connectivity index (χ3v) is 3.75. The average Bonchev–Trinajstić information content (AvgIpc) is 3.02. The number of anilines is 1. The van der Waals surface area contributed by atoms with Crippen molar-refractivity contribution in [3.63, 3.8) is 0 Å². The van der Waals surface area contributed by atoms with Crippen LogP contribution in [0, 0.1) is 6.92 Å². The van der Waals surface area contributed by atoms with Gasteiger partial charge in [0.2, 0.25) is 0 Å². The largest absolute Gasteiger partial charge is 0.283 e. The lowest BCUT2D eigenvalue weighted by atomic mass is 10.00. The molecule has 1 aromatic carbocycles. The van der Waals surface area contributed by atoms with Crippen molar-refractivity contribution in [2.75, 3.05) is 5.01 Å². The number of nitrogens with one attached hydrogen (secondary N) is 1. The first kappa shape index (κ1) is 13.5. The number of aromatic amines is 1. The number of carbonyl (C=O) groups is 1. The van der Waals surface area contributed by atoms with Crippen LogP contribution in [0.15, 0.2) is 35.4 Å². The highest BCUT2D eigenvalue weighted by Crippen LogP contribution is 2.31. The molecule has 0 saturated carbocycles. The molecule has 0 aliphatic carbocycles. The molecule has 0 saturated heterocycles. The number of rotatable bonds is 3. The molecule has 1 unspecified atom stereocenters. The Morgan fingerprint density at radius 3 is 2.71 bits per heavy atom. The smallest absolute Gasteiger partial charge is 0.262 e. The number of hydrogen-bond donors (Lipinski definition) is 1. The van der Waals surface area contributed by atoms with Crippen LogP contribution >= 0.6 is 0 Å². The maximum Gasteiger partial charge on any atom is 0.262 e. The maximum absolute atomic E-state index is 12.8.